The number of pyridine rings is 1. The van der Waals surface area contributed by atoms with Gasteiger partial charge >= 0.3 is 5.97 Å². The number of esters is 1. The summed E-state index contributed by atoms with van der Waals surface area (Å²) < 4.78 is 26.2. The van der Waals surface area contributed by atoms with E-state index in [4.69, 9.17) is 21.1 Å². The smallest absolute Gasteiger partial charge is 0.343 e. The lowest BCUT2D eigenvalue weighted by atomic mass is 10.1. The molecule has 1 amide bonds. The van der Waals surface area contributed by atoms with Crippen molar-refractivity contribution in [1.82, 2.24) is 14.8 Å². The lowest BCUT2D eigenvalue weighted by Crippen LogP contribution is -2.20. The largest absolute Gasteiger partial charge is 0.494 e. The van der Waals surface area contributed by atoms with Crippen LogP contribution in [0.5, 0.6) is 5.75 Å². The Morgan fingerprint density at radius 3 is 2.68 bits per heavy atom. The maximum atomic E-state index is 14.4. The number of amides is 1. The van der Waals surface area contributed by atoms with E-state index in [1.165, 1.54) is 30.1 Å². The lowest BCUT2D eigenvalue weighted by molar-refractivity contribution is 0.0527. The topological polar surface area (TPSA) is 95.3 Å². The van der Waals surface area contributed by atoms with E-state index in [-0.39, 0.29) is 28.6 Å². The Morgan fingerprint density at radius 1 is 1.21 bits per heavy atom. The van der Waals surface area contributed by atoms with Gasteiger partial charge in [0.25, 0.3) is 5.91 Å². The van der Waals surface area contributed by atoms with E-state index >= 15 is 0 Å². The molecule has 0 aliphatic carbocycles. The monoisotopic (exact) mass is 482 g/mol. The standard InChI is InChI=1S/C24H20ClFN4O4/c1-4-34-24(32)15-12-27-30(22(15)29-23(31)20-16(25)8-6-9-17(20)26)19-11-13(2)14-7-5-10-18(33-3)21(14)28-19/h5-12H,4H2,1-3H3,(H,29,31). The molecule has 0 atom stereocenters. The molecular formula is C24H20ClFN4O4. The van der Waals surface area contributed by atoms with Crippen molar-refractivity contribution < 1.29 is 23.5 Å². The summed E-state index contributed by atoms with van der Waals surface area (Å²) in [6.07, 6.45) is 1.25. The zero-order chi connectivity index (χ0) is 24.4. The first kappa shape index (κ1) is 23.2. The Kier molecular flexibility index (Phi) is 6.47. The molecule has 10 heteroatoms. The van der Waals surface area contributed by atoms with Gasteiger partial charge in [-0.1, -0.05) is 29.8 Å². The van der Waals surface area contributed by atoms with E-state index in [1.807, 2.05) is 19.1 Å². The van der Waals surface area contributed by atoms with Crippen molar-refractivity contribution in [3.63, 3.8) is 0 Å². The highest BCUT2D eigenvalue weighted by atomic mass is 35.5. The van der Waals surface area contributed by atoms with Crippen molar-refractivity contribution in [3.8, 4) is 11.6 Å². The normalized spacial score (nSPS) is 10.9. The molecule has 2 heterocycles. The van der Waals surface area contributed by atoms with Crippen LogP contribution in [0.2, 0.25) is 5.02 Å². The number of aromatic nitrogens is 3. The molecule has 4 rings (SSSR count). The van der Waals surface area contributed by atoms with Crippen LogP contribution in [-0.4, -0.2) is 40.4 Å². The van der Waals surface area contributed by atoms with Gasteiger partial charge in [0.2, 0.25) is 0 Å². The van der Waals surface area contributed by atoms with E-state index < -0.39 is 17.7 Å². The molecule has 2 aromatic carbocycles. The van der Waals surface area contributed by atoms with Gasteiger partial charge in [0.15, 0.2) is 11.6 Å². The zero-order valence-electron chi connectivity index (χ0n) is 18.6. The molecule has 0 saturated heterocycles. The van der Waals surface area contributed by atoms with Crippen molar-refractivity contribution in [2.24, 2.45) is 0 Å². The minimum Gasteiger partial charge on any atom is -0.494 e. The number of halogens is 2. The van der Waals surface area contributed by atoms with Gasteiger partial charge in [-0.05, 0) is 43.7 Å². The molecule has 2 aromatic heterocycles. The highest BCUT2D eigenvalue weighted by Crippen LogP contribution is 2.30. The number of rotatable bonds is 6. The Bertz CT molecular complexity index is 1400. The molecule has 174 valence electrons. The number of ether oxygens (including phenoxy) is 2. The van der Waals surface area contributed by atoms with Gasteiger partial charge in [0.05, 0.1) is 30.5 Å². The molecule has 34 heavy (non-hydrogen) atoms. The Morgan fingerprint density at radius 2 is 1.97 bits per heavy atom. The van der Waals surface area contributed by atoms with Crippen LogP contribution < -0.4 is 10.1 Å². The van der Waals surface area contributed by atoms with E-state index in [0.717, 1.165) is 17.0 Å². The predicted molar refractivity (Wildman–Crippen MR) is 125 cm³/mol. The van der Waals surface area contributed by atoms with Gasteiger partial charge in [-0.15, -0.1) is 0 Å². The number of fused-ring (bicyclic) bond motifs is 1. The molecule has 0 unspecified atom stereocenters. The average Bonchev–Trinajstić information content (AvgIpc) is 3.22. The van der Waals surface area contributed by atoms with Crippen LogP contribution in [0.1, 0.15) is 33.2 Å². The number of benzene rings is 2. The molecule has 0 bridgehead atoms. The third-order valence-electron chi connectivity index (χ3n) is 5.12. The molecule has 8 nitrogen and oxygen atoms in total. The first-order chi connectivity index (χ1) is 16.3. The third-order valence-corrected chi connectivity index (χ3v) is 5.43. The lowest BCUT2D eigenvalue weighted by Gasteiger charge is -2.14. The Balaban J connectivity index is 1.88. The minimum atomic E-state index is -0.856. The molecule has 0 spiro atoms. The van der Waals surface area contributed by atoms with Gasteiger partial charge in [0.1, 0.15) is 22.6 Å². The van der Waals surface area contributed by atoms with Crippen LogP contribution in [0, 0.1) is 12.7 Å². The third kappa shape index (κ3) is 4.17. The van der Waals surface area contributed by atoms with Crippen molar-refractivity contribution in [2.45, 2.75) is 13.8 Å². The second-order valence-electron chi connectivity index (χ2n) is 7.24. The number of para-hydroxylation sites is 1. The van der Waals surface area contributed by atoms with Crippen molar-refractivity contribution >= 4 is 40.2 Å². The summed E-state index contributed by atoms with van der Waals surface area (Å²) >= 11 is 6.05. The van der Waals surface area contributed by atoms with Gasteiger partial charge in [-0.2, -0.15) is 9.78 Å². The highest BCUT2D eigenvalue weighted by molar-refractivity contribution is 6.34. The van der Waals surface area contributed by atoms with Gasteiger partial charge < -0.3 is 14.8 Å². The summed E-state index contributed by atoms with van der Waals surface area (Å²) in [5, 5.41) is 7.60. The highest BCUT2D eigenvalue weighted by Gasteiger charge is 2.25. The maximum absolute atomic E-state index is 14.4. The summed E-state index contributed by atoms with van der Waals surface area (Å²) in [5.74, 6) is -1.56. The number of nitrogens with zero attached hydrogens (tertiary/aromatic N) is 3. The number of carbonyl (C=O) groups excluding carboxylic acids is 2. The van der Waals surface area contributed by atoms with Gasteiger partial charge in [-0.25, -0.2) is 14.2 Å². The fourth-order valence-electron chi connectivity index (χ4n) is 3.53. The van der Waals surface area contributed by atoms with Crippen molar-refractivity contribution in [2.75, 3.05) is 19.0 Å². The van der Waals surface area contributed by atoms with E-state index in [2.05, 4.69) is 15.4 Å². The number of nitrogens with one attached hydrogen (secondary N) is 1. The molecule has 1 N–H and O–H groups in total. The number of hydrogen-bond acceptors (Lipinski definition) is 6. The van der Waals surface area contributed by atoms with E-state index in [9.17, 15) is 14.0 Å². The molecule has 0 fully saturated rings. The maximum Gasteiger partial charge on any atom is 0.343 e. The number of carbonyl (C=O) groups is 2. The predicted octanol–water partition coefficient (Wildman–Crippen LogP) is 4.96. The molecule has 0 aliphatic rings. The number of methoxy groups -OCH3 is 1. The Hall–Kier alpha value is -3.98. The van der Waals surface area contributed by atoms with Crippen LogP contribution >= 0.6 is 11.6 Å². The second-order valence-corrected chi connectivity index (χ2v) is 7.65. The van der Waals surface area contributed by atoms with Crippen LogP contribution in [0.25, 0.3) is 16.7 Å². The zero-order valence-corrected chi connectivity index (χ0v) is 19.3. The molecule has 4 aromatic rings. The number of hydrogen-bond donors (Lipinski definition) is 1. The summed E-state index contributed by atoms with van der Waals surface area (Å²) in [5.41, 5.74) is 1.04. The summed E-state index contributed by atoms with van der Waals surface area (Å²) in [7, 11) is 1.54. The second kappa shape index (κ2) is 9.48. The fourth-order valence-corrected chi connectivity index (χ4v) is 3.78. The first-order valence-electron chi connectivity index (χ1n) is 10.3. The molecule has 0 aliphatic heterocycles. The number of aryl methyl sites for hydroxylation is 1. The molecular weight excluding hydrogens is 463 g/mol. The van der Waals surface area contributed by atoms with Crippen molar-refractivity contribution in [3.05, 3.63) is 76.2 Å². The summed E-state index contributed by atoms with van der Waals surface area (Å²) in [6, 6.07) is 11.2. The summed E-state index contributed by atoms with van der Waals surface area (Å²) in [6.45, 7) is 3.65. The average molecular weight is 483 g/mol. The van der Waals surface area contributed by atoms with Gasteiger partial charge in [0, 0.05) is 5.39 Å². The Labute approximate surface area is 199 Å². The molecule has 0 saturated carbocycles. The SMILES string of the molecule is CCOC(=O)c1cnn(-c2cc(C)c3cccc(OC)c3n2)c1NC(=O)c1c(F)cccc1Cl. The quantitative estimate of drug-likeness (QED) is 0.390. The van der Waals surface area contributed by atoms with Gasteiger partial charge in [-0.3, -0.25) is 4.79 Å². The van der Waals surface area contributed by atoms with Crippen molar-refractivity contribution in [1.29, 1.82) is 0 Å². The molecule has 0 radical (unpaired) electrons. The van der Waals surface area contributed by atoms with Crippen LogP contribution in [-0.2, 0) is 4.74 Å². The summed E-state index contributed by atoms with van der Waals surface area (Å²) in [4.78, 5) is 30.2. The minimum absolute atomic E-state index is 0.0257. The van der Waals surface area contributed by atoms with E-state index in [0.29, 0.717) is 17.1 Å². The first-order valence-corrected chi connectivity index (χ1v) is 10.7. The fraction of sp³-hybridized carbons (Fsp3) is 0.167. The van der Waals surface area contributed by atoms with Crippen LogP contribution in [0.15, 0.2) is 48.7 Å². The van der Waals surface area contributed by atoms with E-state index in [1.54, 1.807) is 19.1 Å². The van der Waals surface area contributed by atoms with Crippen LogP contribution in [0.4, 0.5) is 10.2 Å². The number of anilines is 1. The van der Waals surface area contributed by atoms with Crippen LogP contribution in [0.3, 0.4) is 0 Å².